The molecule has 3 rings (SSSR count). The molecule has 0 saturated carbocycles. The number of hydrogen-bond donors (Lipinski definition) is 1. The van der Waals surface area contributed by atoms with Gasteiger partial charge in [0.25, 0.3) is 5.56 Å². The molecule has 1 aromatic heterocycles. The Labute approximate surface area is 146 Å². The van der Waals surface area contributed by atoms with Gasteiger partial charge in [-0.15, -0.1) is 0 Å². The van der Waals surface area contributed by atoms with E-state index in [0.717, 1.165) is 22.2 Å². The van der Waals surface area contributed by atoms with Crippen LogP contribution in [0.5, 0.6) is 5.75 Å². The van der Waals surface area contributed by atoms with Crippen molar-refractivity contribution in [3.63, 3.8) is 0 Å². The lowest BCUT2D eigenvalue weighted by Gasteiger charge is -2.15. The summed E-state index contributed by atoms with van der Waals surface area (Å²) < 4.78 is 6.98. The Balaban J connectivity index is 1.75. The standard InChI is InChI=1S/C20H22N2O3/c1-13-8-14(2)10-17(9-13)25-12-16(23)11-22-20(24)19-7-5-4-6-18(19)15(3)21-22/h4-10,16,23H,11-12H2,1-3H3/t16-/m1/s1. The van der Waals surface area contributed by atoms with Crippen molar-refractivity contribution in [2.75, 3.05) is 6.61 Å². The number of aromatic nitrogens is 2. The molecule has 0 aliphatic heterocycles. The lowest BCUT2D eigenvalue weighted by molar-refractivity contribution is 0.0880. The molecule has 0 bridgehead atoms. The molecule has 0 saturated heterocycles. The van der Waals surface area contributed by atoms with Gasteiger partial charge in [0.15, 0.2) is 0 Å². The molecule has 0 unspecified atom stereocenters. The first kappa shape index (κ1) is 17.2. The Kier molecular flexibility index (Phi) is 4.86. The van der Waals surface area contributed by atoms with Crippen LogP contribution in [0.3, 0.4) is 0 Å². The minimum atomic E-state index is -0.827. The van der Waals surface area contributed by atoms with Crippen LogP contribution in [-0.2, 0) is 6.54 Å². The topological polar surface area (TPSA) is 64.3 Å². The number of fused-ring (bicyclic) bond motifs is 1. The van der Waals surface area contributed by atoms with Crippen LogP contribution in [-0.4, -0.2) is 27.6 Å². The number of ether oxygens (including phenoxy) is 1. The zero-order valence-electron chi connectivity index (χ0n) is 14.7. The number of hydrogen-bond acceptors (Lipinski definition) is 4. The third-order valence-corrected chi connectivity index (χ3v) is 4.07. The molecule has 0 amide bonds. The van der Waals surface area contributed by atoms with E-state index in [2.05, 4.69) is 11.2 Å². The highest BCUT2D eigenvalue weighted by Gasteiger charge is 2.12. The molecule has 1 atom stereocenters. The van der Waals surface area contributed by atoms with E-state index in [9.17, 15) is 9.90 Å². The average Bonchev–Trinajstić information content (AvgIpc) is 2.57. The maximum atomic E-state index is 12.5. The normalized spacial score (nSPS) is 12.3. The number of rotatable bonds is 5. The first-order valence-corrected chi connectivity index (χ1v) is 8.29. The van der Waals surface area contributed by atoms with Gasteiger partial charge in [0, 0.05) is 5.39 Å². The van der Waals surface area contributed by atoms with Gasteiger partial charge in [-0.1, -0.05) is 24.3 Å². The fraction of sp³-hybridized carbons (Fsp3) is 0.300. The molecule has 0 radical (unpaired) electrons. The van der Waals surface area contributed by atoms with Gasteiger partial charge in [0.1, 0.15) is 18.5 Å². The highest BCUT2D eigenvalue weighted by molar-refractivity contribution is 5.83. The van der Waals surface area contributed by atoms with Crippen molar-refractivity contribution in [3.8, 4) is 5.75 Å². The van der Waals surface area contributed by atoms with E-state index < -0.39 is 6.10 Å². The number of nitrogens with zero attached hydrogens (tertiary/aromatic N) is 2. The second-order valence-corrected chi connectivity index (χ2v) is 6.41. The Bertz CT molecular complexity index is 943. The number of aliphatic hydroxyl groups excluding tert-OH is 1. The summed E-state index contributed by atoms with van der Waals surface area (Å²) in [6, 6.07) is 13.3. The third-order valence-electron chi connectivity index (χ3n) is 4.07. The van der Waals surface area contributed by atoms with Crippen LogP contribution in [0.4, 0.5) is 0 Å². The number of aryl methyl sites for hydroxylation is 3. The van der Waals surface area contributed by atoms with E-state index in [0.29, 0.717) is 11.1 Å². The van der Waals surface area contributed by atoms with Gasteiger partial charge in [-0.25, -0.2) is 4.68 Å². The molecule has 1 N–H and O–H groups in total. The van der Waals surface area contributed by atoms with Crippen LogP contribution in [0.2, 0.25) is 0 Å². The van der Waals surface area contributed by atoms with E-state index >= 15 is 0 Å². The van der Waals surface area contributed by atoms with E-state index in [-0.39, 0.29) is 18.7 Å². The van der Waals surface area contributed by atoms with E-state index in [1.165, 1.54) is 4.68 Å². The Morgan fingerprint density at radius 1 is 1.08 bits per heavy atom. The van der Waals surface area contributed by atoms with Crippen molar-refractivity contribution in [2.24, 2.45) is 0 Å². The van der Waals surface area contributed by atoms with Crippen molar-refractivity contribution in [1.82, 2.24) is 9.78 Å². The molecule has 0 aliphatic carbocycles. The Morgan fingerprint density at radius 3 is 2.40 bits per heavy atom. The molecule has 1 heterocycles. The van der Waals surface area contributed by atoms with E-state index in [4.69, 9.17) is 4.74 Å². The summed E-state index contributed by atoms with van der Waals surface area (Å²) in [7, 11) is 0. The molecule has 3 aromatic rings. The van der Waals surface area contributed by atoms with Crippen LogP contribution >= 0.6 is 0 Å². The van der Waals surface area contributed by atoms with E-state index in [1.54, 1.807) is 6.07 Å². The molecule has 0 fully saturated rings. The van der Waals surface area contributed by atoms with Gasteiger partial charge >= 0.3 is 0 Å². The first-order chi connectivity index (χ1) is 11.9. The fourth-order valence-electron chi connectivity index (χ4n) is 2.99. The molecule has 0 aliphatic rings. The monoisotopic (exact) mass is 338 g/mol. The van der Waals surface area contributed by atoms with Gasteiger partial charge in [0.2, 0.25) is 0 Å². The lowest BCUT2D eigenvalue weighted by atomic mass is 10.1. The summed E-state index contributed by atoms with van der Waals surface area (Å²) >= 11 is 0. The maximum absolute atomic E-state index is 12.5. The molecule has 5 heteroatoms. The van der Waals surface area contributed by atoms with Gasteiger partial charge < -0.3 is 9.84 Å². The highest BCUT2D eigenvalue weighted by Crippen LogP contribution is 2.16. The zero-order valence-corrected chi connectivity index (χ0v) is 14.7. The second kappa shape index (κ2) is 7.07. The van der Waals surface area contributed by atoms with Crippen molar-refractivity contribution in [3.05, 3.63) is 69.6 Å². The molecular weight excluding hydrogens is 316 g/mol. The Morgan fingerprint density at radius 2 is 1.72 bits per heavy atom. The summed E-state index contributed by atoms with van der Waals surface area (Å²) in [6.45, 7) is 6.05. The second-order valence-electron chi connectivity index (χ2n) is 6.41. The molecule has 0 spiro atoms. The van der Waals surface area contributed by atoms with Gasteiger partial charge in [-0.05, 0) is 50.1 Å². The van der Waals surface area contributed by atoms with Gasteiger partial charge in [0.05, 0.1) is 17.6 Å². The molecule has 130 valence electrons. The molecular formula is C20H22N2O3. The fourth-order valence-corrected chi connectivity index (χ4v) is 2.99. The third kappa shape index (κ3) is 3.88. The van der Waals surface area contributed by atoms with Crippen molar-refractivity contribution in [1.29, 1.82) is 0 Å². The van der Waals surface area contributed by atoms with Crippen LogP contribution in [0, 0.1) is 20.8 Å². The summed E-state index contributed by atoms with van der Waals surface area (Å²) in [4.78, 5) is 12.5. The number of aliphatic hydroxyl groups is 1. The molecule has 2 aromatic carbocycles. The van der Waals surface area contributed by atoms with Crippen LogP contribution in [0.15, 0.2) is 47.3 Å². The van der Waals surface area contributed by atoms with Crippen LogP contribution in [0.25, 0.3) is 10.8 Å². The van der Waals surface area contributed by atoms with Crippen molar-refractivity contribution < 1.29 is 9.84 Å². The minimum Gasteiger partial charge on any atom is -0.491 e. The van der Waals surface area contributed by atoms with Crippen LogP contribution < -0.4 is 10.3 Å². The zero-order chi connectivity index (χ0) is 18.0. The number of benzene rings is 2. The average molecular weight is 338 g/mol. The van der Waals surface area contributed by atoms with Gasteiger partial charge in [-0.2, -0.15) is 5.10 Å². The largest absolute Gasteiger partial charge is 0.491 e. The summed E-state index contributed by atoms with van der Waals surface area (Å²) in [6.07, 6.45) is -0.827. The predicted molar refractivity (Wildman–Crippen MR) is 98.2 cm³/mol. The van der Waals surface area contributed by atoms with Crippen LogP contribution in [0.1, 0.15) is 16.8 Å². The minimum absolute atomic E-state index is 0.0926. The maximum Gasteiger partial charge on any atom is 0.274 e. The summed E-state index contributed by atoms with van der Waals surface area (Å²) in [5, 5.41) is 16.0. The van der Waals surface area contributed by atoms with Gasteiger partial charge in [-0.3, -0.25) is 4.79 Å². The lowest BCUT2D eigenvalue weighted by Crippen LogP contribution is -2.32. The van der Waals surface area contributed by atoms with Crippen molar-refractivity contribution >= 4 is 10.8 Å². The van der Waals surface area contributed by atoms with E-state index in [1.807, 2.05) is 51.1 Å². The molecule has 25 heavy (non-hydrogen) atoms. The SMILES string of the molecule is Cc1cc(C)cc(OC[C@H](O)Cn2nc(C)c3ccccc3c2=O)c1. The first-order valence-electron chi connectivity index (χ1n) is 8.29. The smallest absolute Gasteiger partial charge is 0.274 e. The summed E-state index contributed by atoms with van der Waals surface area (Å²) in [5.41, 5.74) is 2.77. The highest BCUT2D eigenvalue weighted by atomic mass is 16.5. The quantitative estimate of drug-likeness (QED) is 0.777. The predicted octanol–water partition coefficient (Wildman–Crippen LogP) is 2.76. The summed E-state index contributed by atoms with van der Waals surface area (Å²) in [5.74, 6) is 0.714. The molecule has 5 nitrogen and oxygen atoms in total. The Hall–Kier alpha value is -2.66. The van der Waals surface area contributed by atoms with Crippen molar-refractivity contribution in [2.45, 2.75) is 33.4 Å².